The van der Waals surface area contributed by atoms with Gasteiger partial charge in [0.2, 0.25) is 5.60 Å². The summed E-state index contributed by atoms with van der Waals surface area (Å²) in [4.78, 5) is 2.79. The van der Waals surface area contributed by atoms with Crippen LogP contribution in [0.4, 0.5) is 13.2 Å². The number of rotatable bonds is 1. The van der Waals surface area contributed by atoms with Crippen LogP contribution in [0.15, 0.2) is 6.07 Å². The standard InChI is InChI=1S/C16H13Cl2F3INO/c17-8-6-9(18)13-11(12(8)10-3-5-22-10)7-2-1-4-15(24,14(7)23-13)16(19,20)21/h5-6,10,23-24H,1-4H2. The number of hydrogen-bond acceptors (Lipinski definition) is 1. The summed E-state index contributed by atoms with van der Waals surface area (Å²) in [5.41, 5.74) is -1.14. The summed E-state index contributed by atoms with van der Waals surface area (Å²) in [6.45, 7) is 0. The van der Waals surface area contributed by atoms with Crippen molar-refractivity contribution < 1.29 is 18.3 Å². The molecule has 2 N–H and O–H groups in total. The number of H-pyrrole nitrogens is 1. The minimum Gasteiger partial charge on any atom is -0.375 e. The summed E-state index contributed by atoms with van der Waals surface area (Å²) in [6.07, 6.45) is -3.44. The van der Waals surface area contributed by atoms with E-state index in [0.717, 1.165) is 12.0 Å². The van der Waals surface area contributed by atoms with Crippen molar-refractivity contribution in [2.45, 2.75) is 41.4 Å². The molecule has 4 rings (SSSR count). The molecule has 2 atom stereocenters. The molecule has 1 aliphatic carbocycles. The van der Waals surface area contributed by atoms with E-state index < -0.39 is 11.8 Å². The van der Waals surface area contributed by atoms with Gasteiger partial charge in [-0.15, -0.1) is 20.7 Å². The second-order valence-corrected chi connectivity index (χ2v) is 10.1. The number of aromatic amines is 1. The molecule has 1 aromatic carbocycles. The van der Waals surface area contributed by atoms with Crippen LogP contribution >= 0.6 is 43.9 Å². The number of aliphatic hydroxyl groups is 1. The lowest BCUT2D eigenvalue weighted by atomic mass is 9.81. The highest BCUT2D eigenvalue weighted by Crippen LogP contribution is 2.53. The van der Waals surface area contributed by atoms with Crippen LogP contribution in [-0.4, -0.2) is 20.3 Å². The van der Waals surface area contributed by atoms with Gasteiger partial charge in [-0.25, -0.2) is 0 Å². The molecule has 1 aromatic heterocycles. The van der Waals surface area contributed by atoms with E-state index in [0.29, 0.717) is 36.9 Å². The lowest BCUT2D eigenvalue weighted by Gasteiger charge is -2.34. The van der Waals surface area contributed by atoms with Gasteiger partial charge in [0.25, 0.3) is 0 Å². The monoisotopic (exact) mass is 489 g/mol. The number of fused-ring (bicyclic) bond motifs is 3. The molecule has 2 unspecified atom stereocenters. The zero-order valence-corrected chi connectivity index (χ0v) is 15.9. The van der Waals surface area contributed by atoms with E-state index in [1.165, 1.54) is 0 Å². The average Bonchev–Trinajstić information content (AvgIpc) is 2.81. The molecule has 1 aliphatic heterocycles. The summed E-state index contributed by atoms with van der Waals surface area (Å²) in [5.74, 6) is 0. The van der Waals surface area contributed by atoms with E-state index in [2.05, 4.69) is 9.00 Å². The van der Waals surface area contributed by atoms with Gasteiger partial charge in [-0.2, -0.15) is 13.2 Å². The lowest BCUT2D eigenvalue weighted by Crippen LogP contribution is -2.45. The van der Waals surface area contributed by atoms with E-state index in [4.69, 9.17) is 23.2 Å². The quantitative estimate of drug-likeness (QED) is 0.386. The zero-order valence-electron chi connectivity index (χ0n) is 12.3. The number of halogens is 6. The maximum absolute atomic E-state index is 13.5. The minimum atomic E-state index is -4.74. The van der Waals surface area contributed by atoms with Crippen LogP contribution in [-0.2, 0) is 12.0 Å². The SMILES string of the molecule is OC1(C(F)(F)F)CCCc2c1[nH]c1c(Cl)cc(Cl)c(C3CC=I3)c21. The molecule has 2 aromatic rings. The lowest BCUT2D eigenvalue weighted by molar-refractivity contribution is -0.272. The van der Waals surface area contributed by atoms with Crippen molar-refractivity contribution in [1.82, 2.24) is 4.98 Å². The number of hydrogen-bond donors (Lipinski definition) is 2. The van der Waals surface area contributed by atoms with Gasteiger partial charge in [-0.1, -0.05) is 27.2 Å². The van der Waals surface area contributed by atoms with Crippen molar-refractivity contribution >= 4 is 58.8 Å². The van der Waals surface area contributed by atoms with E-state index in [9.17, 15) is 18.3 Å². The van der Waals surface area contributed by atoms with Gasteiger partial charge in [0.05, 0.1) is 16.2 Å². The normalized spacial score (nSPS) is 26.8. The van der Waals surface area contributed by atoms with Crippen LogP contribution in [0.3, 0.4) is 0 Å². The Morgan fingerprint density at radius 3 is 2.58 bits per heavy atom. The first-order valence-corrected chi connectivity index (χ1v) is 10.7. The molecule has 2 heterocycles. The Hall–Kier alpha value is -0.310. The molecule has 2 aliphatic rings. The summed E-state index contributed by atoms with van der Waals surface area (Å²) in [5, 5.41) is 11.9. The highest BCUT2D eigenvalue weighted by atomic mass is 127. The molecule has 0 amide bonds. The fourth-order valence-corrected chi connectivity index (χ4v) is 6.44. The molecule has 0 fully saturated rings. The van der Waals surface area contributed by atoms with Crippen molar-refractivity contribution in [2.24, 2.45) is 0 Å². The number of aromatic nitrogens is 1. The number of benzene rings is 1. The fourth-order valence-electron chi connectivity index (χ4n) is 3.59. The van der Waals surface area contributed by atoms with Crippen LogP contribution in [0.25, 0.3) is 10.9 Å². The number of nitrogens with one attached hydrogen (secondary N) is 1. The Bertz CT molecular complexity index is 877. The van der Waals surface area contributed by atoms with Crippen LogP contribution in [0.1, 0.15) is 40.0 Å². The van der Waals surface area contributed by atoms with Crippen molar-refractivity contribution in [1.29, 1.82) is 0 Å². The summed E-state index contributed by atoms with van der Waals surface area (Å²) in [6, 6.07) is 1.59. The zero-order chi connectivity index (χ0) is 17.3. The first-order chi connectivity index (χ1) is 11.2. The Balaban J connectivity index is 2.07. The van der Waals surface area contributed by atoms with Gasteiger partial charge in [0, 0.05) is 14.3 Å². The Labute approximate surface area is 156 Å². The van der Waals surface area contributed by atoms with Crippen molar-refractivity contribution in [3.63, 3.8) is 0 Å². The second kappa shape index (κ2) is 5.59. The number of alkyl halides is 4. The van der Waals surface area contributed by atoms with E-state index in [-0.39, 0.29) is 39.3 Å². The van der Waals surface area contributed by atoms with Gasteiger partial charge < -0.3 is 10.1 Å². The predicted octanol–water partition coefficient (Wildman–Crippen LogP) is 5.78. The smallest absolute Gasteiger partial charge is 0.375 e. The van der Waals surface area contributed by atoms with Crippen molar-refractivity contribution in [3.8, 4) is 0 Å². The van der Waals surface area contributed by atoms with Crippen molar-refractivity contribution in [2.75, 3.05) is 0 Å². The summed E-state index contributed by atoms with van der Waals surface area (Å²) in [7, 11) is 0. The summed E-state index contributed by atoms with van der Waals surface area (Å²) < 4.78 is 43.1. The van der Waals surface area contributed by atoms with Crippen molar-refractivity contribution in [3.05, 3.63) is 32.9 Å². The molecule has 24 heavy (non-hydrogen) atoms. The second-order valence-electron chi connectivity index (χ2n) is 6.18. The molecular weight excluding hydrogens is 477 g/mol. The average molecular weight is 490 g/mol. The van der Waals surface area contributed by atoms with Gasteiger partial charge in [-0.05, 0) is 42.9 Å². The highest BCUT2D eigenvalue weighted by molar-refractivity contribution is 14.2. The third-order valence-electron chi connectivity index (χ3n) is 4.82. The Morgan fingerprint density at radius 1 is 1.29 bits per heavy atom. The molecule has 0 spiro atoms. The molecule has 0 saturated heterocycles. The maximum atomic E-state index is 13.5. The first kappa shape index (κ1) is 17.1. The topological polar surface area (TPSA) is 36.0 Å². The van der Waals surface area contributed by atoms with E-state index in [1.54, 1.807) is 6.07 Å². The highest BCUT2D eigenvalue weighted by Gasteiger charge is 2.57. The fraction of sp³-hybridized carbons (Fsp3) is 0.438. The van der Waals surface area contributed by atoms with E-state index >= 15 is 0 Å². The van der Waals surface area contributed by atoms with Crippen LogP contribution in [0, 0.1) is 0 Å². The molecule has 130 valence electrons. The van der Waals surface area contributed by atoms with Crippen LogP contribution < -0.4 is 0 Å². The van der Waals surface area contributed by atoms with Gasteiger partial charge >= 0.3 is 6.18 Å². The minimum absolute atomic E-state index is 0.149. The van der Waals surface area contributed by atoms with Gasteiger partial charge in [-0.3, -0.25) is 0 Å². The third kappa shape index (κ3) is 2.29. The van der Waals surface area contributed by atoms with Crippen LogP contribution in [0.5, 0.6) is 0 Å². The first-order valence-electron chi connectivity index (χ1n) is 7.49. The molecule has 8 heteroatoms. The van der Waals surface area contributed by atoms with Crippen LogP contribution in [0.2, 0.25) is 10.0 Å². The summed E-state index contributed by atoms with van der Waals surface area (Å²) >= 11 is 12.5. The molecular formula is C16H13Cl2F3INO. The van der Waals surface area contributed by atoms with Gasteiger partial charge in [0.15, 0.2) is 0 Å². The molecule has 0 saturated carbocycles. The van der Waals surface area contributed by atoms with Gasteiger partial charge in [0.1, 0.15) is 0 Å². The molecule has 2 nitrogen and oxygen atoms in total. The predicted molar refractivity (Wildman–Crippen MR) is 98.7 cm³/mol. The molecule has 0 radical (unpaired) electrons. The number of aryl methyl sites for hydroxylation is 1. The maximum Gasteiger partial charge on any atom is 0.422 e. The third-order valence-corrected chi connectivity index (χ3v) is 8.45. The van der Waals surface area contributed by atoms with E-state index in [1.807, 2.05) is 0 Å². The Kier molecular flexibility index (Phi) is 3.99. The molecule has 0 bridgehead atoms. The Morgan fingerprint density at radius 2 is 2.00 bits per heavy atom. The largest absolute Gasteiger partial charge is 0.422 e.